The van der Waals surface area contributed by atoms with Crippen molar-refractivity contribution in [1.82, 2.24) is 9.80 Å². The summed E-state index contributed by atoms with van der Waals surface area (Å²) < 4.78 is 11.2. The highest BCUT2D eigenvalue weighted by Gasteiger charge is 2.27. The van der Waals surface area contributed by atoms with E-state index in [2.05, 4.69) is 34.1 Å². The number of ether oxygens (including phenoxy) is 2. The van der Waals surface area contributed by atoms with Crippen LogP contribution < -0.4 is 9.47 Å². The molecule has 134 valence electrons. The predicted molar refractivity (Wildman–Crippen MR) is 95.8 cm³/mol. The highest BCUT2D eigenvalue weighted by atomic mass is 16.6. The van der Waals surface area contributed by atoms with Crippen LogP contribution in [0, 0.1) is 5.92 Å². The fourth-order valence-corrected chi connectivity index (χ4v) is 3.85. The normalized spacial score (nSPS) is 23.5. The van der Waals surface area contributed by atoms with Gasteiger partial charge in [0.15, 0.2) is 11.5 Å². The van der Waals surface area contributed by atoms with E-state index in [0.29, 0.717) is 19.1 Å². The maximum atomic E-state index is 12.6. The molecule has 25 heavy (non-hydrogen) atoms. The first kappa shape index (κ1) is 16.5. The topological polar surface area (TPSA) is 42.0 Å². The second kappa shape index (κ2) is 7.48. The zero-order valence-electron chi connectivity index (χ0n) is 14.7. The lowest BCUT2D eigenvalue weighted by Crippen LogP contribution is -2.50. The summed E-state index contributed by atoms with van der Waals surface area (Å²) in [5.41, 5.74) is 1.24. The van der Waals surface area contributed by atoms with Crippen molar-refractivity contribution in [3.63, 3.8) is 0 Å². The van der Waals surface area contributed by atoms with E-state index in [1.807, 2.05) is 6.07 Å². The number of nitrogens with zero attached hydrogens (tertiary/aromatic N) is 2. The molecule has 2 heterocycles. The van der Waals surface area contributed by atoms with Gasteiger partial charge in [-0.05, 0) is 37.0 Å². The van der Waals surface area contributed by atoms with Gasteiger partial charge in [-0.25, -0.2) is 0 Å². The van der Waals surface area contributed by atoms with Gasteiger partial charge in [-0.3, -0.25) is 9.69 Å². The van der Waals surface area contributed by atoms with Crippen LogP contribution >= 0.6 is 0 Å². The molecule has 0 unspecified atom stereocenters. The third kappa shape index (κ3) is 3.82. The van der Waals surface area contributed by atoms with E-state index in [9.17, 15) is 4.79 Å². The maximum absolute atomic E-state index is 12.6. The van der Waals surface area contributed by atoms with Gasteiger partial charge in [-0.1, -0.05) is 18.2 Å². The van der Waals surface area contributed by atoms with Crippen LogP contribution in [-0.4, -0.2) is 55.1 Å². The number of hydrogen-bond donors (Lipinski definition) is 0. The maximum Gasteiger partial charge on any atom is 0.226 e. The number of carbonyl (C=O) groups is 1. The van der Waals surface area contributed by atoms with E-state index in [1.54, 1.807) is 0 Å². The third-order valence-corrected chi connectivity index (χ3v) is 5.32. The summed E-state index contributed by atoms with van der Waals surface area (Å²) in [5.74, 6) is 2.24. The quantitative estimate of drug-likeness (QED) is 0.792. The van der Waals surface area contributed by atoms with Gasteiger partial charge < -0.3 is 14.4 Å². The third-order valence-electron chi connectivity index (χ3n) is 5.32. The Morgan fingerprint density at radius 1 is 1.04 bits per heavy atom. The second-order valence-corrected chi connectivity index (χ2v) is 7.06. The van der Waals surface area contributed by atoms with Gasteiger partial charge in [0.25, 0.3) is 0 Å². The number of benzene rings is 1. The minimum absolute atomic E-state index is 0.203. The summed E-state index contributed by atoms with van der Waals surface area (Å²) in [6.07, 6.45) is 7.31. The van der Waals surface area contributed by atoms with Crippen LogP contribution in [0.25, 0.3) is 0 Å². The first-order valence-electron chi connectivity index (χ1n) is 9.34. The van der Waals surface area contributed by atoms with Crippen LogP contribution in [0.15, 0.2) is 30.4 Å². The molecule has 1 saturated heterocycles. The molecule has 5 heteroatoms. The molecule has 5 nitrogen and oxygen atoms in total. The van der Waals surface area contributed by atoms with Crippen LogP contribution in [0.3, 0.4) is 0 Å². The van der Waals surface area contributed by atoms with E-state index < -0.39 is 0 Å². The first-order chi connectivity index (χ1) is 12.3. The van der Waals surface area contributed by atoms with Crippen molar-refractivity contribution in [2.24, 2.45) is 5.92 Å². The fraction of sp³-hybridized carbons (Fsp3) is 0.550. The fourth-order valence-electron chi connectivity index (χ4n) is 3.85. The summed E-state index contributed by atoms with van der Waals surface area (Å²) in [7, 11) is 0. The summed E-state index contributed by atoms with van der Waals surface area (Å²) in [4.78, 5) is 17.1. The Hall–Kier alpha value is -2.01. The number of hydrogen-bond acceptors (Lipinski definition) is 4. The molecule has 1 amide bonds. The molecule has 0 radical (unpaired) electrons. The highest BCUT2D eigenvalue weighted by Crippen LogP contribution is 2.31. The minimum Gasteiger partial charge on any atom is -0.486 e. The molecular formula is C20H26N2O3. The van der Waals surface area contributed by atoms with Gasteiger partial charge in [-0.2, -0.15) is 0 Å². The van der Waals surface area contributed by atoms with Crippen LogP contribution in [0.5, 0.6) is 11.5 Å². The van der Waals surface area contributed by atoms with Crippen molar-refractivity contribution >= 4 is 5.91 Å². The van der Waals surface area contributed by atoms with Gasteiger partial charge in [0, 0.05) is 38.6 Å². The van der Waals surface area contributed by atoms with E-state index in [1.165, 1.54) is 5.56 Å². The number of amides is 1. The number of rotatable bonds is 3. The molecule has 4 rings (SSSR count). The average molecular weight is 342 g/mol. The van der Waals surface area contributed by atoms with Crippen LogP contribution in [0.2, 0.25) is 0 Å². The molecule has 1 fully saturated rings. The van der Waals surface area contributed by atoms with Gasteiger partial charge in [0.2, 0.25) is 5.91 Å². The number of piperazine rings is 1. The lowest BCUT2D eigenvalue weighted by Gasteiger charge is -2.36. The van der Waals surface area contributed by atoms with Gasteiger partial charge in [0.1, 0.15) is 13.2 Å². The zero-order chi connectivity index (χ0) is 17.1. The molecule has 0 N–H and O–H groups in total. The number of carbonyl (C=O) groups excluding carboxylic acids is 1. The van der Waals surface area contributed by atoms with E-state index in [-0.39, 0.29) is 5.92 Å². The molecule has 0 saturated carbocycles. The van der Waals surface area contributed by atoms with E-state index >= 15 is 0 Å². The van der Waals surface area contributed by atoms with Crippen LogP contribution in [-0.2, 0) is 11.3 Å². The molecular weight excluding hydrogens is 316 g/mol. The Kier molecular flexibility index (Phi) is 4.92. The monoisotopic (exact) mass is 342 g/mol. The smallest absolute Gasteiger partial charge is 0.226 e. The summed E-state index contributed by atoms with van der Waals surface area (Å²) in [6.45, 7) is 5.68. The summed E-state index contributed by atoms with van der Waals surface area (Å²) in [6, 6.07) is 6.19. The Bertz CT molecular complexity index is 650. The number of allylic oxidation sites excluding steroid dienone is 2. The van der Waals surface area contributed by atoms with Crippen molar-refractivity contribution in [2.75, 3.05) is 39.4 Å². The molecule has 3 aliphatic rings. The van der Waals surface area contributed by atoms with Crippen LogP contribution in [0.4, 0.5) is 0 Å². The lowest BCUT2D eigenvalue weighted by molar-refractivity contribution is -0.137. The van der Waals surface area contributed by atoms with Crippen molar-refractivity contribution < 1.29 is 14.3 Å². The Labute approximate surface area is 149 Å². The minimum atomic E-state index is 0.203. The Morgan fingerprint density at radius 3 is 2.60 bits per heavy atom. The lowest BCUT2D eigenvalue weighted by atomic mass is 9.93. The van der Waals surface area contributed by atoms with Gasteiger partial charge >= 0.3 is 0 Å². The summed E-state index contributed by atoms with van der Waals surface area (Å²) in [5, 5.41) is 0. The SMILES string of the molecule is O=C([C@@H]1CC=CCC1)N1CCN(Cc2ccc3c(c2)OCCO3)CC1. The first-order valence-corrected chi connectivity index (χ1v) is 9.34. The van der Waals surface area contributed by atoms with Gasteiger partial charge in [0.05, 0.1) is 0 Å². The zero-order valence-corrected chi connectivity index (χ0v) is 14.7. The van der Waals surface area contributed by atoms with Crippen LogP contribution in [0.1, 0.15) is 24.8 Å². The second-order valence-electron chi connectivity index (χ2n) is 7.06. The molecule has 1 aliphatic carbocycles. The van der Waals surface area contributed by atoms with Gasteiger partial charge in [-0.15, -0.1) is 0 Å². The van der Waals surface area contributed by atoms with E-state index in [4.69, 9.17) is 9.47 Å². The van der Waals surface area contributed by atoms with Crippen molar-refractivity contribution in [1.29, 1.82) is 0 Å². The van der Waals surface area contributed by atoms with Crippen molar-refractivity contribution in [3.8, 4) is 11.5 Å². The largest absolute Gasteiger partial charge is 0.486 e. The van der Waals surface area contributed by atoms with E-state index in [0.717, 1.165) is 63.5 Å². The predicted octanol–water partition coefficient (Wildman–Crippen LogP) is 2.46. The standard InChI is InChI=1S/C20H26N2O3/c23-20(17-4-2-1-3-5-17)22-10-8-21(9-11-22)15-16-6-7-18-19(14-16)25-13-12-24-18/h1-2,6-7,14,17H,3-5,8-13,15H2/t17-/m1/s1. The van der Waals surface area contributed by atoms with Crippen molar-refractivity contribution in [3.05, 3.63) is 35.9 Å². The number of fused-ring (bicyclic) bond motifs is 1. The summed E-state index contributed by atoms with van der Waals surface area (Å²) >= 11 is 0. The molecule has 1 aromatic carbocycles. The molecule has 0 aromatic heterocycles. The Morgan fingerprint density at radius 2 is 1.84 bits per heavy atom. The van der Waals surface area contributed by atoms with Crippen molar-refractivity contribution in [2.45, 2.75) is 25.8 Å². The Balaban J connectivity index is 1.30. The molecule has 2 aliphatic heterocycles. The molecule has 1 atom stereocenters. The molecule has 0 spiro atoms. The molecule has 1 aromatic rings. The molecule has 0 bridgehead atoms. The highest BCUT2D eigenvalue weighted by molar-refractivity contribution is 5.79. The average Bonchev–Trinajstić information content (AvgIpc) is 2.69.